The molecule has 0 atom stereocenters. The lowest BCUT2D eigenvalue weighted by atomic mass is 10.2. The van der Waals surface area contributed by atoms with Gasteiger partial charge in [-0.3, -0.25) is 0 Å². The monoisotopic (exact) mass is 321 g/mol. The number of rotatable bonds is 5. The van der Waals surface area contributed by atoms with E-state index in [1.807, 2.05) is 30.3 Å². The number of benzene rings is 2. The van der Waals surface area contributed by atoms with Crippen molar-refractivity contribution >= 4 is 17.7 Å². The lowest BCUT2D eigenvalue weighted by molar-refractivity contribution is 0.305. The van der Waals surface area contributed by atoms with E-state index in [1.165, 1.54) is 12.1 Å². The van der Waals surface area contributed by atoms with Crippen LogP contribution in [0, 0.1) is 5.82 Å². The predicted octanol–water partition coefficient (Wildman–Crippen LogP) is 4.13. The Kier molecular flexibility index (Phi) is 4.81. The van der Waals surface area contributed by atoms with E-state index in [0.717, 1.165) is 11.1 Å². The van der Waals surface area contributed by atoms with Crippen LogP contribution < -0.4 is 10.5 Å². The lowest BCUT2D eigenvalue weighted by Crippen LogP contribution is -1.96. The first-order valence-corrected chi connectivity index (χ1v) is 7.42. The summed E-state index contributed by atoms with van der Waals surface area (Å²) < 4.78 is 18.8. The maximum absolute atomic E-state index is 13.1. The molecule has 0 aliphatic heterocycles. The Morgan fingerprint density at radius 3 is 2.67 bits per heavy atom. The van der Waals surface area contributed by atoms with Crippen LogP contribution in [0.15, 0.2) is 71.9 Å². The van der Waals surface area contributed by atoms with Crippen LogP contribution in [0.4, 0.5) is 15.9 Å². The third-order valence-corrected chi connectivity index (χ3v) is 3.33. The van der Waals surface area contributed by atoms with Crippen LogP contribution >= 0.6 is 0 Å². The second-order valence-electron chi connectivity index (χ2n) is 5.16. The number of nitrogens with zero attached hydrogens (tertiary/aromatic N) is 2. The average molecular weight is 321 g/mol. The molecule has 0 aliphatic carbocycles. The Hall–Kier alpha value is -3.21. The third-order valence-electron chi connectivity index (χ3n) is 3.33. The number of ether oxygens (including phenoxy) is 1. The fourth-order valence-electron chi connectivity index (χ4n) is 2.10. The molecule has 5 heteroatoms. The van der Waals surface area contributed by atoms with Gasteiger partial charge >= 0.3 is 0 Å². The van der Waals surface area contributed by atoms with Crippen LogP contribution in [0.1, 0.15) is 11.1 Å². The van der Waals surface area contributed by atoms with Crippen LogP contribution in [-0.2, 0) is 6.61 Å². The average Bonchev–Trinajstić information content (AvgIpc) is 2.60. The molecule has 2 N–H and O–H groups in total. The largest absolute Gasteiger partial charge is 0.489 e. The molecule has 3 aromatic rings. The number of nitrogens with two attached hydrogens (primary N) is 1. The number of aromatic nitrogens is 1. The SMILES string of the molecule is Nc1cccnc1N=Cc1ccc(OCc2cccc(F)c2)cc1. The van der Waals surface area contributed by atoms with E-state index in [4.69, 9.17) is 10.5 Å². The van der Waals surface area contributed by atoms with Crippen LogP contribution in [0.5, 0.6) is 5.75 Å². The Bertz CT molecular complexity index is 847. The summed E-state index contributed by atoms with van der Waals surface area (Å²) in [6.07, 6.45) is 3.33. The zero-order valence-electron chi connectivity index (χ0n) is 12.9. The molecule has 3 rings (SSSR count). The standard InChI is InChI=1S/C19H16FN3O/c20-16-4-1-3-15(11-16)13-24-17-8-6-14(7-9-17)12-23-19-18(21)5-2-10-22-19/h1-12H,13,21H2. The first-order valence-electron chi connectivity index (χ1n) is 7.42. The van der Waals surface area contributed by atoms with Gasteiger partial charge in [0, 0.05) is 12.4 Å². The van der Waals surface area contributed by atoms with Gasteiger partial charge < -0.3 is 10.5 Å². The maximum Gasteiger partial charge on any atom is 0.175 e. The summed E-state index contributed by atoms with van der Waals surface area (Å²) in [6, 6.07) is 17.3. The molecule has 2 aromatic carbocycles. The fourth-order valence-corrected chi connectivity index (χ4v) is 2.10. The first kappa shape index (κ1) is 15.7. The lowest BCUT2D eigenvalue weighted by Gasteiger charge is -2.06. The van der Waals surface area contributed by atoms with Crippen molar-refractivity contribution in [2.45, 2.75) is 6.61 Å². The minimum absolute atomic E-state index is 0.267. The Labute approximate surface area is 139 Å². The molecule has 4 nitrogen and oxygen atoms in total. The van der Waals surface area contributed by atoms with E-state index in [0.29, 0.717) is 23.9 Å². The van der Waals surface area contributed by atoms with E-state index >= 15 is 0 Å². The summed E-state index contributed by atoms with van der Waals surface area (Å²) in [5.41, 5.74) is 8.01. The second kappa shape index (κ2) is 7.37. The molecule has 0 aliphatic rings. The highest BCUT2D eigenvalue weighted by Gasteiger charge is 1.99. The third kappa shape index (κ3) is 4.16. The summed E-state index contributed by atoms with van der Waals surface area (Å²) in [7, 11) is 0. The van der Waals surface area contributed by atoms with Crippen molar-refractivity contribution in [1.82, 2.24) is 4.98 Å². The maximum atomic E-state index is 13.1. The van der Waals surface area contributed by atoms with Crippen LogP contribution in [0.3, 0.4) is 0 Å². The van der Waals surface area contributed by atoms with Crippen LogP contribution in [-0.4, -0.2) is 11.2 Å². The van der Waals surface area contributed by atoms with Crippen molar-refractivity contribution in [3.63, 3.8) is 0 Å². The molecule has 0 bridgehead atoms. The Morgan fingerprint density at radius 1 is 1.08 bits per heavy atom. The highest BCUT2D eigenvalue weighted by Crippen LogP contribution is 2.18. The van der Waals surface area contributed by atoms with E-state index in [9.17, 15) is 4.39 Å². The first-order chi connectivity index (χ1) is 11.7. The molecule has 1 aromatic heterocycles. The highest BCUT2D eigenvalue weighted by atomic mass is 19.1. The van der Waals surface area contributed by atoms with E-state index in [-0.39, 0.29) is 5.82 Å². The normalized spacial score (nSPS) is 10.9. The Balaban J connectivity index is 1.62. The van der Waals surface area contributed by atoms with Gasteiger partial charge in [0.15, 0.2) is 5.82 Å². The molecule has 1 heterocycles. The number of pyridine rings is 1. The Morgan fingerprint density at radius 2 is 1.92 bits per heavy atom. The predicted molar refractivity (Wildman–Crippen MR) is 93.1 cm³/mol. The summed E-state index contributed by atoms with van der Waals surface area (Å²) in [5, 5.41) is 0. The number of hydrogen-bond acceptors (Lipinski definition) is 4. The van der Waals surface area contributed by atoms with Gasteiger partial charge in [-0.15, -0.1) is 0 Å². The van der Waals surface area contributed by atoms with Crippen molar-refractivity contribution in [2.75, 3.05) is 5.73 Å². The smallest absolute Gasteiger partial charge is 0.175 e. The van der Waals surface area contributed by atoms with Gasteiger partial charge in [-0.2, -0.15) is 0 Å². The fraction of sp³-hybridized carbons (Fsp3) is 0.0526. The topological polar surface area (TPSA) is 60.5 Å². The van der Waals surface area contributed by atoms with Gasteiger partial charge in [0.2, 0.25) is 0 Å². The van der Waals surface area contributed by atoms with Gasteiger partial charge in [-0.1, -0.05) is 12.1 Å². The van der Waals surface area contributed by atoms with Gasteiger partial charge in [0.25, 0.3) is 0 Å². The minimum Gasteiger partial charge on any atom is -0.489 e. The summed E-state index contributed by atoms with van der Waals surface area (Å²) in [4.78, 5) is 8.37. The highest BCUT2D eigenvalue weighted by molar-refractivity contribution is 5.83. The van der Waals surface area contributed by atoms with Gasteiger partial charge in [0.05, 0.1) is 5.69 Å². The quantitative estimate of drug-likeness (QED) is 0.719. The molecule has 0 unspecified atom stereocenters. The van der Waals surface area contributed by atoms with E-state index in [2.05, 4.69) is 9.98 Å². The second-order valence-corrected chi connectivity index (χ2v) is 5.16. The molecule has 0 amide bonds. The number of hydrogen-bond donors (Lipinski definition) is 1. The van der Waals surface area contributed by atoms with E-state index in [1.54, 1.807) is 30.6 Å². The number of nitrogen functional groups attached to an aromatic ring is 1. The van der Waals surface area contributed by atoms with Gasteiger partial charge in [-0.05, 0) is 59.7 Å². The van der Waals surface area contributed by atoms with Crippen molar-refractivity contribution in [3.05, 3.63) is 83.8 Å². The molecule has 0 radical (unpaired) electrons. The molecular formula is C19H16FN3O. The summed E-state index contributed by atoms with van der Waals surface area (Å²) in [6.45, 7) is 0.315. The molecular weight excluding hydrogens is 305 g/mol. The number of anilines is 1. The van der Waals surface area contributed by atoms with Crippen LogP contribution in [0.2, 0.25) is 0 Å². The molecule has 24 heavy (non-hydrogen) atoms. The van der Waals surface area contributed by atoms with Crippen molar-refractivity contribution < 1.29 is 9.13 Å². The van der Waals surface area contributed by atoms with Crippen LogP contribution in [0.25, 0.3) is 0 Å². The van der Waals surface area contributed by atoms with E-state index < -0.39 is 0 Å². The molecule has 0 saturated heterocycles. The van der Waals surface area contributed by atoms with Crippen molar-refractivity contribution in [1.29, 1.82) is 0 Å². The van der Waals surface area contributed by atoms with Gasteiger partial charge in [0.1, 0.15) is 18.2 Å². The van der Waals surface area contributed by atoms with Crippen molar-refractivity contribution in [3.8, 4) is 5.75 Å². The van der Waals surface area contributed by atoms with Gasteiger partial charge in [-0.25, -0.2) is 14.4 Å². The number of halogens is 1. The van der Waals surface area contributed by atoms with Crippen molar-refractivity contribution in [2.24, 2.45) is 4.99 Å². The minimum atomic E-state index is -0.267. The summed E-state index contributed by atoms with van der Waals surface area (Å²) >= 11 is 0. The zero-order valence-corrected chi connectivity index (χ0v) is 12.9. The molecule has 0 spiro atoms. The summed E-state index contributed by atoms with van der Waals surface area (Å²) in [5.74, 6) is 0.925. The molecule has 0 saturated carbocycles. The molecule has 120 valence electrons. The zero-order chi connectivity index (χ0) is 16.8. The number of aliphatic imine (C=N–C) groups is 1. The molecule has 0 fully saturated rings.